The molecule has 1 unspecified atom stereocenters. The molecule has 1 atom stereocenters. The third-order valence-electron chi connectivity index (χ3n) is 4.48. The summed E-state index contributed by atoms with van der Waals surface area (Å²) in [5.74, 6) is 1.82. The molecule has 0 aromatic heterocycles. The minimum atomic E-state index is 0.263. The SMILES string of the molecule is COc1ccc(C2c3cc(OC)ccc3CCCN2C)cc1. The van der Waals surface area contributed by atoms with Crippen LogP contribution >= 0.6 is 0 Å². The first-order chi connectivity index (χ1) is 10.7. The Morgan fingerprint density at radius 1 is 0.955 bits per heavy atom. The highest BCUT2D eigenvalue weighted by molar-refractivity contribution is 5.44. The smallest absolute Gasteiger partial charge is 0.119 e. The molecule has 22 heavy (non-hydrogen) atoms. The molecule has 0 N–H and O–H groups in total. The second-order valence-electron chi connectivity index (χ2n) is 5.82. The van der Waals surface area contributed by atoms with Crippen LogP contribution in [0.1, 0.15) is 29.2 Å². The van der Waals surface area contributed by atoms with E-state index in [9.17, 15) is 0 Å². The number of rotatable bonds is 3. The lowest BCUT2D eigenvalue weighted by atomic mass is 9.93. The number of hydrogen-bond donors (Lipinski definition) is 0. The molecule has 0 radical (unpaired) electrons. The van der Waals surface area contributed by atoms with Crippen LogP contribution < -0.4 is 9.47 Å². The van der Waals surface area contributed by atoms with Gasteiger partial charge in [0.15, 0.2) is 0 Å². The third kappa shape index (κ3) is 2.81. The van der Waals surface area contributed by atoms with Gasteiger partial charge >= 0.3 is 0 Å². The Hall–Kier alpha value is -2.00. The lowest BCUT2D eigenvalue weighted by Gasteiger charge is -2.28. The summed E-state index contributed by atoms with van der Waals surface area (Å²) in [5, 5.41) is 0. The molecule has 0 amide bonds. The molecule has 1 aliphatic rings. The predicted molar refractivity (Wildman–Crippen MR) is 88.8 cm³/mol. The van der Waals surface area contributed by atoms with Gasteiger partial charge in [0.25, 0.3) is 0 Å². The normalized spacial score (nSPS) is 18.4. The molecule has 0 bridgehead atoms. The van der Waals surface area contributed by atoms with E-state index in [1.807, 2.05) is 12.1 Å². The molecule has 0 aliphatic carbocycles. The number of ether oxygens (including phenoxy) is 2. The van der Waals surface area contributed by atoms with Crippen LogP contribution in [0.5, 0.6) is 11.5 Å². The Morgan fingerprint density at radius 3 is 2.32 bits per heavy atom. The highest BCUT2D eigenvalue weighted by atomic mass is 16.5. The fourth-order valence-corrected chi connectivity index (χ4v) is 3.29. The van der Waals surface area contributed by atoms with E-state index in [1.165, 1.54) is 23.1 Å². The summed E-state index contributed by atoms with van der Waals surface area (Å²) in [6.45, 7) is 1.09. The minimum absolute atomic E-state index is 0.263. The van der Waals surface area contributed by atoms with Crippen molar-refractivity contribution in [2.45, 2.75) is 18.9 Å². The van der Waals surface area contributed by atoms with E-state index >= 15 is 0 Å². The van der Waals surface area contributed by atoms with E-state index in [2.05, 4.69) is 42.3 Å². The second-order valence-corrected chi connectivity index (χ2v) is 5.82. The van der Waals surface area contributed by atoms with E-state index in [-0.39, 0.29) is 6.04 Å². The zero-order valence-electron chi connectivity index (χ0n) is 13.5. The number of fused-ring (bicyclic) bond motifs is 1. The zero-order chi connectivity index (χ0) is 15.5. The third-order valence-corrected chi connectivity index (χ3v) is 4.48. The van der Waals surface area contributed by atoms with Gasteiger partial charge in [-0.25, -0.2) is 0 Å². The van der Waals surface area contributed by atoms with Crippen molar-refractivity contribution in [1.29, 1.82) is 0 Å². The van der Waals surface area contributed by atoms with Gasteiger partial charge in [-0.05, 0) is 67.4 Å². The molecule has 0 spiro atoms. The predicted octanol–water partition coefficient (Wildman–Crippen LogP) is 3.67. The lowest BCUT2D eigenvalue weighted by molar-refractivity contribution is 0.284. The Kier molecular flexibility index (Phi) is 4.34. The van der Waals surface area contributed by atoms with Gasteiger partial charge in [-0.15, -0.1) is 0 Å². The highest BCUT2D eigenvalue weighted by Crippen LogP contribution is 2.35. The molecule has 116 valence electrons. The summed E-state index contributed by atoms with van der Waals surface area (Å²) < 4.78 is 10.7. The van der Waals surface area contributed by atoms with Gasteiger partial charge in [0.1, 0.15) is 11.5 Å². The molecule has 2 aromatic carbocycles. The number of nitrogens with zero attached hydrogens (tertiary/aromatic N) is 1. The van der Waals surface area contributed by atoms with Gasteiger partial charge in [0.05, 0.1) is 20.3 Å². The van der Waals surface area contributed by atoms with Crippen molar-refractivity contribution in [1.82, 2.24) is 4.90 Å². The molecule has 3 heteroatoms. The zero-order valence-corrected chi connectivity index (χ0v) is 13.5. The molecule has 0 fully saturated rings. The van der Waals surface area contributed by atoms with Crippen LogP contribution in [-0.2, 0) is 6.42 Å². The topological polar surface area (TPSA) is 21.7 Å². The van der Waals surface area contributed by atoms with Gasteiger partial charge in [-0.1, -0.05) is 18.2 Å². The molecule has 0 saturated heterocycles. The van der Waals surface area contributed by atoms with Crippen LogP contribution in [0, 0.1) is 0 Å². The average molecular weight is 297 g/mol. The van der Waals surface area contributed by atoms with E-state index in [0.29, 0.717) is 0 Å². The first-order valence-electron chi connectivity index (χ1n) is 7.74. The van der Waals surface area contributed by atoms with Crippen molar-refractivity contribution in [3.63, 3.8) is 0 Å². The van der Waals surface area contributed by atoms with Crippen molar-refractivity contribution in [2.75, 3.05) is 27.8 Å². The second kappa shape index (κ2) is 6.41. The maximum absolute atomic E-state index is 5.44. The minimum Gasteiger partial charge on any atom is -0.497 e. The number of aryl methyl sites for hydroxylation is 1. The molecule has 2 aromatic rings. The Balaban J connectivity index is 2.07. The fraction of sp³-hybridized carbons (Fsp3) is 0.368. The Morgan fingerprint density at radius 2 is 1.64 bits per heavy atom. The average Bonchev–Trinajstić information content (AvgIpc) is 2.72. The van der Waals surface area contributed by atoms with Crippen LogP contribution in [0.2, 0.25) is 0 Å². The molecule has 0 saturated carbocycles. The standard InChI is InChI=1S/C19H23NO2/c1-20-12-4-5-14-6-11-17(22-3)13-18(14)19(20)15-7-9-16(21-2)10-8-15/h6-11,13,19H,4-5,12H2,1-3H3. The van der Waals surface area contributed by atoms with E-state index in [1.54, 1.807) is 14.2 Å². The first kappa shape index (κ1) is 14.9. The maximum Gasteiger partial charge on any atom is 0.119 e. The summed E-state index contributed by atoms with van der Waals surface area (Å²) in [5.41, 5.74) is 4.06. The summed E-state index contributed by atoms with van der Waals surface area (Å²) in [7, 11) is 5.63. The Bertz CT molecular complexity index is 636. The van der Waals surface area contributed by atoms with Crippen LogP contribution in [0.25, 0.3) is 0 Å². The summed E-state index contributed by atoms with van der Waals surface area (Å²) in [6, 6.07) is 15.1. The van der Waals surface area contributed by atoms with Gasteiger partial charge in [-0.2, -0.15) is 0 Å². The number of methoxy groups -OCH3 is 2. The highest BCUT2D eigenvalue weighted by Gasteiger charge is 2.25. The van der Waals surface area contributed by atoms with Crippen molar-refractivity contribution >= 4 is 0 Å². The van der Waals surface area contributed by atoms with Crippen molar-refractivity contribution in [2.24, 2.45) is 0 Å². The molecule has 1 aliphatic heterocycles. The van der Waals surface area contributed by atoms with Crippen molar-refractivity contribution in [3.05, 3.63) is 59.2 Å². The van der Waals surface area contributed by atoms with Crippen LogP contribution in [-0.4, -0.2) is 32.7 Å². The summed E-state index contributed by atoms with van der Waals surface area (Å²) >= 11 is 0. The monoisotopic (exact) mass is 297 g/mol. The summed E-state index contributed by atoms with van der Waals surface area (Å²) in [4.78, 5) is 2.42. The van der Waals surface area contributed by atoms with E-state index in [4.69, 9.17) is 9.47 Å². The molecule has 3 rings (SSSR count). The lowest BCUT2D eigenvalue weighted by Crippen LogP contribution is -2.25. The molecular formula is C19H23NO2. The van der Waals surface area contributed by atoms with Gasteiger partial charge in [-0.3, -0.25) is 4.90 Å². The van der Waals surface area contributed by atoms with Crippen LogP contribution in [0.3, 0.4) is 0 Å². The van der Waals surface area contributed by atoms with Crippen molar-refractivity contribution < 1.29 is 9.47 Å². The number of benzene rings is 2. The van der Waals surface area contributed by atoms with Gasteiger partial charge in [0, 0.05) is 0 Å². The van der Waals surface area contributed by atoms with E-state index in [0.717, 1.165) is 24.5 Å². The largest absolute Gasteiger partial charge is 0.497 e. The van der Waals surface area contributed by atoms with Crippen LogP contribution in [0.15, 0.2) is 42.5 Å². The van der Waals surface area contributed by atoms with E-state index < -0.39 is 0 Å². The number of hydrogen-bond acceptors (Lipinski definition) is 3. The first-order valence-corrected chi connectivity index (χ1v) is 7.74. The maximum atomic E-state index is 5.44. The quantitative estimate of drug-likeness (QED) is 0.863. The molecule has 1 heterocycles. The fourth-order valence-electron chi connectivity index (χ4n) is 3.29. The molecule has 3 nitrogen and oxygen atoms in total. The summed E-state index contributed by atoms with van der Waals surface area (Å²) in [6.07, 6.45) is 2.30. The Labute approximate surface area is 132 Å². The van der Waals surface area contributed by atoms with Gasteiger partial charge < -0.3 is 9.47 Å². The molecular weight excluding hydrogens is 274 g/mol. The van der Waals surface area contributed by atoms with Crippen molar-refractivity contribution in [3.8, 4) is 11.5 Å². The van der Waals surface area contributed by atoms with Crippen LogP contribution in [0.4, 0.5) is 0 Å². The van der Waals surface area contributed by atoms with Gasteiger partial charge in [0.2, 0.25) is 0 Å².